The summed E-state index contributed by atoms with van der Waals surface area (Å²) >= 11 is 0. The van der Waals surface area contributed by atoms with Crippen molar-refractivity contribution in [1.29, 1.82) is 0 Å². The second-order valence-electron chi connectivity index (χ2n) is 8.02. The number of rotatable bonds is 6. The van der Waals surface area contributed by atoms with E-state index in [9.17, 15) is 9.59 Å². The highest BCUT2D eigenvalue weighted by molar-refractivity contribution is 5.96. The highest BCUT2D eigenvalue weighted by Crippen LogP contribution is 2.36. The number of hydrogen-bond donors (Lipinski definition) is 1. The number of aromatic nitrogens is 1. The molecule has 168 valence electrons. The molecule has 34 heavy (non-hydrogen) atoms. The maximum atomic E-state index is 13.0. The van der Waals surface area contributed by atoms with Crippen LogP contribution in [-0.4, -0.2) is 22.8 Å². The quantitative estimate of drug-likeness (QED) is 0.382. The van der Waals surface area contributed by atoms with Crippen LogP contribution in [0.5, 0.6) is 17.4 Å². The molecule has 1 unspecified atom stereocenters. The first-order valence-electron chi connectivity index (χ1n) is 11.0. The molecule has 0 bridgehead atoms. The van der Waals surface area contributed by atoms with Gasteiger partial charge in [-0.3, -0.25) is 9.59 Å². The fourth-order valence-electron chi connectivity index (χ4n) is 3.94. The molecule has 0 fully saturated rings. The Morgan fingerprint density at radius 3 is 2.56 bits per heavy atom. The molecule has 0 saturated carbocycles. The molecule has 1 aromatic heterocycles. The molecule has 1 atom stereocenters. The summed E-state index contributed by atoms with van der Waals surface area (Å²) < 4.78 is 11.7. The van der Waals surface area contributed by atoms with E-state index < -0.39 is 6.10 Å². The van der Waals surface area contributed by atoms with Crippen molar-refractivity contribution in [2.24, 2.45) is 0 Å². The first-order valence-corrected chi connectivity index (χ1v) is 11.0. The number of anilines is 1. The van der Waals surface area contributed by atoms with Crippen LogP contribution >= 0.6 is 0 Å². The van der Waals surface area contributed by atoms with E-state index in [1.165, 1.54) is 0 Å². The Morgan fingerprint density at radius 2 is 1.74 bits per heavy atom. The van der Waals surface area contributed by atoms with Crippen LogP contribution in [0, 0.1) is 0 Å². The zero-order valence-electron chi connectivity index (χ0n) is 18.5. The fraction of sp³-hybridized carbons (Fsp3) is 0.107. The lowest BCUT2D eigenvalue weighted by atomic mass is 9.96. The number of para-hydroxylation sites is 1. The number of Topliss-reactive ketones (excluding diaryl/α,β-unsaturated/α-hetero) is 1. The summed E-state index contributed by atoms with van der Waals surface area (Å²) in [5.41, 5.74) is 3.89. The average molecular weight is 450 g/mol. The second-order valence-corrected chi connectivity index (χ2v) is 8.02. The highest BCUT2D eigenvalue weighted by atomic mass is 16.5. The van der Waals surface area contributed by atoms with Crippen LogP contribution in [0.1, 0.15) is 22.8 Å². The minimum absolute atomic E-state index is 0.000435. The van der Waals surface area contributed by atoms with Gasteiger partial charge in [0, 0.05) is 35.5 Å². The van der Waals surface area contributed by atoms with E-state index in [1.54, 1.807) is 31.3 Å². The van der Waals surface area contributed by atoms with Crippen molar-refractivity contribution in [2.45, 2.75) is 19.4 Å². The Bertz CT molecular complexity index is 1370. The van der Waals surface area contributed by atoms with Gasteiger partial charge in [-0.15, -0.1) is 0 Å². The monoisotopic (exact) mass is 450 g/mol. The van der Waals surface area contributed by atoms with Gasteiger partial charge in [0.2, 0.25) is 5.88 Å². The number of nitrogens with zero attached hydrogens (tertiary/aromatic N) is 1. The second kappa shape index (κ2) is 9.19. The van der Waals surface area contributed by atoms with Gasteiger partial charge < -0.3 is 14.8 Å². The average Bonchev–Trinajstić information content (AvgIpc) is 3.30. The molecular weight excluding hydrogens is 428 g/mol. The van der Waals surface area contributed by atoms with Gasteiger partial charge in [0.25, 0.3) is 5.91 Å². The molecule has 3 aromatic carbocycles. The third kappa shape index (κ3) is 4.52. The predicted octanol–water partition coefficient (Wildman–Crippen LogP) is 5.69. The molecule has 6 heteroatoms. The molecular formula is C28H22N2O4. The van der Waals surface area contributed by atoms with Crippen LogP contribution in [-0.2, 0) is 11.2 Å². The van der Waals surface area contributed by atoms with Gasteiger partial charge in [-0.1, -0.05) is 42.5 Å². The van der Waals surface area contributed by atoms with Crippen molar-refractivity contribution in [2.75, 3.05) is 5.32 Å². The molecule has 0 spiro atoms. The van der Waals surface area contributed by atoms with E-state index in [2.05, 4.69) is 10.3 Å². The van der Waals surface area contributed by atoms with Crippen molar-refractivity contribution in [1.82, 2.24) is 4.98 Å². The summed E-state index contributed by atoms with van der Waals surface area (Å²) in [6.45, 7) is 1.54. The lowest BCUT2D eigenvalue weighted by molar-refractivity contribution is -0.122. The molecule has 0 aliphatic carbocycles. The Labute approximate surface area is 197 Å². The molecule has 1 aliphatic heterocycles. The number of benzene rings is 3. The van der Waals surface area contributed by atoms with Crippen LogP contribution in [0.15, 0.2) is 91.1 Å². The van der Waals surface area contributed by atoms with E-state index in [1.807, 2.05) is 66.7 Å². The Balaban J connectivity index is 1.32. The number of hydrogen-bond acceptors (Lipinski definition) is 5. The first kappa shape index (κ1) is 21.4. The molecule has 1 N–H and O–H groups in total. The summed E-state index contributed by atoms with van der Waals surface area (Å²) in [5.74, 6) is 1.51. The van der Waals surface area contributed by atoms with Gasteiger partial charge in [0.05, 0.1) is 0 Å². The lowest BCUT2D eigenvalue weighted by Gasteiger charge is -2.12. The van der Waals surface area contributed by atoms with Gasteiger partial charge in [-0.25, -0.2) is 4.98 Å². The summed E-state index contributed by atoms with van der Waals surface area (Å²) in [7, 11) is 0. The van der Waals surface area contributed by atoms with Gasteiger partial charge in [0.1, 0.15) is 11.5 Å². The van der Waals surface area contributed by atoms with Crippen molar-refractivity contribution < 1.29 is 19.1 Å². The zero-order chi connectivity index (χ0) is 23.5. The van der Waals surface area contributed by atoms with E-state index in [0.717, 1.165) is 16.7 Å². The maximum absolute atomic E-state index is 13.0. The van der Waals surface area contributed by atoms with E-state index >= 15 is 0 Å². The molecule has 5 rings (SSSR count). The van der Waals surface area contributed by atoms with E-state index in [-0.39, 0.29) is 11.7 Å². The number of carbonyl (C=O) groups is 2. The fourth-order valence-corrected chi connectivity index (χ4v) is 3.94. The SMILES string of the molecule is CC(=O)c1cccc(-c2ccnc3c2CC(C(=O)Nc2cccc(Oc4ccccc4)c2)O3)c1. The van der Waals surface area contributed by atoms with Crippen LogP contribution < -0.4 is 14.8 Å². The summed E-state index contributed by atoms with van der Waals surface area (Å²) in [6, 6.07) is 26.0. The third-order valence-corrected chi connectivity index (χ3v) is 5.61. The van der Waals surface area contributed by atoms with Crippen LogP contribution in [0.2, 0.25) is 0 Å². The Hall–Kier alpha value is -4.45. The summed E-state index contributed by atoms with van der Waals surface area (Å²) in [4.78, 5) is 29.1. The van der Waals surface area contributed by atoms with Gasteiger partial charge >= 0.3 is 0 Å². The van der Waals surface area contributed by atoms with Gasteiger partial charge in [0.15, 0.2) is 11.9 Å². The van der Waals surface area contributed by atoms with Crippen LogP contribution in [0.25, 0.3) is 11.1 Å². The lowest BCUT2D eigenvalue weighted by Crippen LogP contribution is -2.31. The standard InChI is InChI=1S/C28H22N2O4/c1-18(31)19-7-5-8-20(15-19)24-13-14-29-28-25(24)17-26(34-28)27(32)30-21-9-6-12-23(16-21)33-22-10-3-2-4-11-22/h2-16,26H,17H2,1H3,(H,30,32). The van der Waals surface area contributed by atoms with Crippen molar-refractivity contribution in [3.05, 3.63) is 102 Å². The minimum Gasteiger partial charge on any atom is -0.464 e. The van der Waals surface area contributed by atoms with E-state index in [4.69, 9.17) is 9.47 Å². The molecule has 0 saturated heterocycles. The molecule has 0 radical (unpaired) electrons. The number of fused-ring (bicyclic) bond motifs is 1. The minimum atomic E-state index is -0.710. The summed E-state index contributed by atoms with van der Waals surface area (Å²) in [6.07, 6.45) is 1.33. The summed E-state index contributed by atoms with van der Waals surface area (Å²) in [5, 5.41) is 2.91. The Kier molecular flexibility index (Phi) is 5.79. The topological polar surface area (TPSA) is 77.5 Å². The predicted molar refractivity (Wildman–Crippen MR) is 129 cm³/mol. The molecule has 4 aromatic rings. The Morgan fingerprint density at radius 1 is 0.941 bits per heavy atom. The molecule has 1 aliphatic rings. The number of amides is 1. The maximum Gasteiger partial charge on any atom is 0.265 e. The van der Waals surface area contributed by atoms with Crippen LogP contribution in [0.4, 0.5) is 5.69 Å². The molecule has 6 nitrogen and oxygen atoms in total. The highest BCUT2D eigenvalue weighted by Gasteiger charge is 2.32. The zero-order valence-corrected chi connectivity index (χ0v) is 18.5. The van der Waals surface area contributed by atoms with Crippen LogP contribution in [0.3, 0.4) is 0 Å². The smallest absolute Gasteiger partial charge is 0.265 e. The normalized spacial score (nSPS) is 14.1. The number of ether oxygens (including phenoxy) is 2. The van der Waals surface area contributed by atoms with Crippen molar-refractivity contribution in [3.63, 3.8) is 0 Å². The van der Waals surface area contributed by atoms with E-state index in [0.29, 0.717) is 35.1 Å². The first-order chi connectivity index (χ1) is 16.6. The number of pyridine rings is 1. The van der Waals surface area contributed by atoms with Crippen molar-refractivity contribution >= 4 is 17.4 Å². The third-order valence-electron chi connectivity index (χ3n) is 5.61. The largest absolute Gasteiger partial charge is 0.464 e. The molecule has 1 amide bonds. The van der Waals surface area contributed by atoms with Gasteiger partial charge in [-0.05, 0) is 54.4 Å². The number of carbonyl (C=O) groups excluding carboxylic acids is 2. The number of ketones is 1. The molecule has 2 heterocycles. The number of nitrogens with one attached hydrogen (secondary N) is 1. The van der Waals surface area contributed by atoms with Crippen molar-refractivity contribution in [3.8, 4) is 28.5 Å². The van der Waals surface area contributed by atoms with Gasteiger partial charge in [-0.2, -0.15) is 0 Å².